The lowest BCUT2D eigenvalue weighted by Gasteiger charge is -2.12. The molecule has 0 fully saturated rings. The molecule has 0 aliphatic heterocycles. The number of hydrogen-bond acceptors (Lipinski definition) is 4. The summed E-state index contributed by atoms with van der Waals surface area (Å²) in [6.07, 6.45) is 1.71. The third-order valence-electron chi connectivity index (χ3n) is 2.64. The summed E-state index contributed by atoms with van der Waals surface area (Å²) in [6.45, 7) is 2.25. The summed E-state index contributed by atoms with van der Waals surface area (Å²) in [5, 5.41) is 8.76. The quantitative estimate of drug-likeness (QED) is 0.797. The second-order valence-electron chi connectivity index (χ2n) is 4.47. The van der Waals surface area contributed by atoms with Gasteiger partial charge >= 0.3 is 0 Å². The molecule has 0 saturated carbocycles. The van der Waals surface area contributed by atoms with Crippen LogP contribution in [0.25, 0.3) is 0 Å². The molecule has 1 atom stereocenters. The smallest absolute Gasteiger partial charge is 0.215 e. The molecule has 1 aromatic rings. The molecule has 0 radical (unpaired) electrons. The molecule has 5 nitrogen and oxygen atoms in total. The van der Waals surface area contributed by atoms with Crippen LogP contribution in [-0.2, 0) is 15.8 Å². The maximum absolute atomic E-state index is 11.9. The Kier molecular flexibility index (Phi) is 8.42. The fourth-order valence-electron chi connectivity index (χ4n) is 1.71. The van der Waals surface area contributed by atoms with E-state index >= 15 is 0 Å². The monoisotopic (exact) mass is 317 g/mol. The highest BCUT2D eigenvalue weighted by atomic mass is 35.5. The summed E-state index contributed by atoms with van der Waals surface area (Å²) in [4.78, 5) is 0. The van der Waals surface area contributed by atoms with E-state index in [4.69, 9.17) is 11.0 Å². The SMILES string of the molecule is CCCC(N)CNS(=O)(=O)Cc1cccc(C#N)c1.Cl. The molecule has 0 aliphatic rings. The van der Waals surface area contributed by atoms with Gasteiger partial charge in [-0.25, -0.2) is 13.1 Å². The van der Waals surface area contributed by atoms with E-state index in [1.165, 1.54) is 0 Å². The van der Waals surface area contributed by atoms with Gasteiger partial charge in [0.25, 0.3) is 0 Å². The second kappa shape index (κ2) is 8.93. The highest BCUT2D eigenvalue weighted by Crippen LogP contribution is 2.08. The van der Waals surface area contributed by atoms with Crippen LogP contribution in [-0.4, -0.2) is 21.0 Å². The average molecular weight is 318 g/mol. The van der Waals surface area contributed by atoms with E-state index in [-0.39, 0.29) is 30.7 Å². The zero-order valence-corrected chi connectivity index (χ0v) is 13.0. The number of hydrogen-bond donors (Lipinski definition) is 2. The number of halogens is 1. The normalized spacial score (nSPS) is 12.2. The molecule has 0 aromatic heterocycles. The van der Waals surface area contributed by atoms with Crippen molar-refractivity contribution in [2.24, 2.45) is 5.73 Å². The molecular formula is C13H20ClN3O2S. The van der Waals surface area contributed by atoms with Crippen molar-refractivity contribution in [3.63, 3.8) is 0 Å². The molecule has 7 heteroatoms. The van der Waals surface area contributed by atoms with Gasteiger partial charge in [-0.3, -0.25) is 0 Å². The Bertz CT molecular complexity index is 555. The molecular weight excluding hydrogens is 298 g/mol. The lowest BCUT2D eigenvalue weighted by molar-refractivity contribution is 0.552. The lowest BCUT2D eigenvalue weighted by Crippen LogP contribution is -2.37. The van der Waals surface area contributed by atoms with Crippen LogP contribution in [0.2, 0.25) is 0 Å². The maximum Gasteiger partial charge on any atom is 0.215 e. The summed E-state index contributed by atoms with van der Waals surface area (Å²) < 4.78 is 26.2. The van der Waals surface area contributed by atoms with Crippen LogP contribution >= 0.6 is 12.4 Å². The van der Waals surface area contributed by atoms with E-state index in [2.05, 4.69) is 4.72 Å². The van der Waals surface area contributed by atoms with E-state index in [0.29, 0.717) is 11.1 Å². The van der Waals surface area contributed by atoms with Crippen LogP contribution in [0.1, 0.15) is 30.9 Å². The van der Waals surface area contributed by atoms with E-state index in [9.17, 15) is 8.42 Å². The van der Waals surface area contributed by atoms with Gasteiger partial charge < -0.3 is 5.73 Å². The minimum Gasteiger partial charge on any atom is -0.327 e. The van der Waals surface area contributed by atoms with Crippen LogP contribution in [0.4, 0.5) is 0 Å². The number of sulfonamides is 1. The summed E-state index contributed by atoms with van der Waals surface area (Å²) >= 11 is 0. The highest BCUT2D eigenvalue weighted by Gasteiger charge is 2.13. The van der Waals surface area contributed by atoms with Crippen LogP contribution in [0.15, 0.2) is 24.3 Å². The van der Waals surface area contributed by atoms with Crippen molar-refractivity contribution < 1.29 is 8.42 Å². The predicted molar refractivity (Wildman–Crippen MR) is 81.9 cm³/mol. The van der Waals surface area contributed by atoms with Gasteiger partial charge in [0.05, 0.1) is 17.4 Å². The van der Waals surface area contributed by atoms with Gasteiger partial charge in [-0.15, -0.1) is 12.4 Å². The van der Waals surface area contributed by atoms with Crippen molar-refractivity contribution in [2.75, 3.05) is 6.54 Å². The molecule has 3 N–H and O–H groups in total. The minimum absolute atomic E-state index is 0. The Morgan fingerprint density at radius 2 is 2.15 bits per heavy atom. The van der Waals surface area contributed by atoms with Crippen molar-refractivity contribution in [3.05, 3.63) is 35.4 Å². The fraction of sp³-hybridized carbons (Fsp3) is 0.462. The molecule has 1 rings (SSSR count). The fourth-order valence-corrected chi connectivity index (χ4v) is 2.90. The average Bonchev–Trinajstić information content (AvgIpc) is 2.37. The largest absolute Gasteiger partial charge is 0.327 e. The van der Waals surface area contributed by atoms with E-state index in [1.807, 2.05) is 13.0 Å². The van der Waals surface area contributed by atoms with Crippen molar-refractivity contribution in [1.82, 2.24) is 4.72 Å². The van der Waals surface area contributed by atoms with E-state index in [0.717, 1.165) is 12.8 Å². The minimum atomic E-state index is -3.41. The predicted octanol–water partition coefficient (Wildman–Crippen LogP) is 1.53. The van der Waals surface area contributed by atoms with Crippen LogP contribution in [0, 0.1) is 11.3 Å². The van der Waals surface area contributed by atoms with Crippen molar-refractivity contribution in [3.8, 4) is 6.07 Å². The number of nitrogens with one attached hydrogen (secondary N) is 1. The van der Waals surface area contributed by atoms with Gasteiger partial charge in [0.2, 0.25) is 10.0 Å². The Hall–Kier alpha value is -1.13. The number of rotatable bonds is 7. The standard InChI is InChI=1S/C13H19N3O2S.ClH/c1-2-4-13(15)9-16-19(17,18)10-12-6-3-5-11(7-12)8-14;/h3,5-7,13,16H,2,4,9-10,15H2,1H3;1H. The molecule has 1 unspecified atom stereocenters. The molecule has 0 heterocycles. The summed E-state index contributed by atoms with van der Waals surface area (Å²) in [6, 6.07) is 8.40. The Morgan fingerprint density at radius 1 is 1.45 bits per heavy atom. The molecule has 112 valence electrons. The molecule has 0 amide bonds. The van der Waals surface area contributed by atoms with Gasteiger partial charge in [0.1, 0.15) is 0 Å². The first-order valence-corrected chi connectivity index (χ1v) is 7.84. The van der Waals surface area contributed by atoms with Crippen molar-refractivity contribution >= 4 is 22.4 Å². The Morgan fingerprint density at radius 3 is 2.75 bits per heavy atom. The molecule has 20 heavy (non-hydrogen) atoms. The number of nitriles is 1. The first kappa shape index (κ1) is 18.9. The topological polar surface area (TPSA) is 96.0 Å². The zero-order valence-electron chi connectivity index (χ0n) is 11.4. The third-order valence-corrected chi connectivity index (χ3v) is 3.96. The van der Waals surface area contributed by atoms with Gasteiger partial charge in [-0.2, -0.15) is 5.26 Å². The molecule has 1 aromatic carbocycles. The van der Waals surface area contributed by atoms with Crippen LogP contribution in [0.3, 0.4) is 0 Å². The lowest BCUT2D eigenvalue weighted by atomic mass is 10.2. The van der Waals surface area contributed by atoms with Gasteiger partial charge in [-0.05, 0) is 24.1 Å². The summed E-state index contributed by atoms with van der Waals surface area (Å²) in [5.41, 5.74) is 6.81. The second-order valence-corrected chi connectivity index (χ2v) is 6.28. The number of nitrogens with two attached hydrogens (primary N) is 1. The summed E-state index contributed by atoms with van der Waals surface area (Å²) in [7, 11) is -3.41. The van der Waals surface area contributed by atoms with Crippen LogP contribution < -0.4 is 10.5 Å². The van der Waals surface area contributed by atoms with Crippen LogP contribution in [0.5, 0.6) is 0 Å². The zero-order chi connectivity index (χ0) is 14.3. The van der Waals surface area contributed by atoms with Gasteiger partial charge in [0, 0.05) is 12.6 Å². The molecule has 0 spiro atoms. The number of nitrogens with zero attached hydrogens (tertiary/aromatic N) is 1. The van der Waals surface area contributed by atoms with Gasteiger partial charge in [-0.1, -0.05) is 25.5 Å². The first-order valence-electron chi connectivity index (χ1n) is 6.19. The Balaban J connectivity index is 0.00000361. The van der Waals surface area contributed by atoms with Gasteiger partial charge in [0.15, 0.2) is 0 Å². The Labute approximate surface area is 126 Å². The first-order chi connectivity index (χ1) is 8.96. The number of benzene rings is 1. The highest BCUT2D eigenvalue weighted by molar-refractivity contribution is 7.88. The maximum atomic E-state index is 11.9. The molecule has 0 bridgehead atoms. The van der Waals surface area contributed by atoms with E-state index in [1.54, 1.807) is 24.3 Å². The van der Waals surface area contributed by atoms with Crippen molar-refractivity contribution in [2.45, 2.75) is 31.6 Å². The third kappa shape index (κ3) is 6.87. The van der Waals surface area contributed by atoms with Crippen molar-refractivity contribution in [1.29, 1.82) is 5.26 Å². The summed E-state index contributed by atoms with van der Waals surface area (Å²) in [5.74, 6) is -0.138. The van der Waals surface area contributed by atoms with E-state index < -0.39 is 10.0 Å². The molecule has 0 saturated heterocycles. The molecule has 0 aliphatic carbocycles.